The van der Waals surface area contributed by atoms with Crippen LogP contribution in [0, 0.1) is 11.7 Å². The molecule has 0 fully saturated rings. The van der Waals surface area contributed by atoms with Gasteiger partial charge >= 0.3 is 0 Å². The van der Waals surface area contributed by atoms with E-state index in [2.05, 4.69) is 5.32 Å². The van der Waals surface area contributed by atoms with Crippen LogP contribution in [0.2, 0.25) is 0 Å². The van der Waals surface area contributed by atoms with Crippen molar-refractivity contribution in [3.63, 3.8) is 0 Å². The lowest BCUT2D eigenvalue weighted by atomic mass is 10.0. The van der Waals surface area contributed by atoms with E-state index < -0.39 is 10.8 Å². The Bertz CT molecular complexity index is 1070. The number of carbonyl (C=O) groups is 1. The second kappa shape index (κ2) is 9.71. The summed E-state index contributed by atoms with van der Waals surface area (Å²) in [5.74, 6) is -0.447. The number of nitrogens with one attached hydrogen (secondary N) is 1. The fourth-order valence-corrected chi connectivity index (χ4v) is 4.26. The highest BCUT2D eigenvalue weighted by atomic mass is 32.2. The van der Waals surface area contributed by atoms with E-state index in [4.69, 9.17) is 0 Å². The van der Waals surface area contributed by atoms with Gasteiger partial charge in [0.05, 0.1) is 19.1 Å². The highest BCUT2D eigenvalue weighted by Gasteiger charge is 2.26. The number of carbonyl (C=O) groups excluding carboxylic acids is 1. The molecule has 0 unspecified atom stereocenters. The number of allylic oxidation sites excluding steroid dienone is 2. The zero-order valence-electron chi connectivity index (χ0n) is 18.2. The first-order chi connectivity index (χ1) is 14.7. The molecule has 1 aliphatic rings. The number of fused-ring (bicyclic) bond motifs is 1. The predicted octanol–water partition coefficient (Wildman–Crippen LogP) is 4.41. The van der Waals surface area contributed by atoms with Gasteiger partial charge in [0, 0.05) is 22.0 Å². The normalized spacial score (nSPS) is 16.5. The van der Waals surface area contributed by atoms with Crippen LogP contribution in [0.5, 0.6) is 0 Å². The predicted molar refractivity (Wildman–Crippen MR) is 124 cm³/mol. The maximum absolute atomic E-state index is 14.0. The topological polar surface area (TPSA) is 66.4 Å². The zero-order valence-corrected chi connectivity index (χ0v) is 19.1. The number of benzene rings is 2. The minimum absolute atomic E-state index is 0.105. The van der Waals surface area contributed by atoms with Gasteiger partial charge in [-0.15, -0.1) is 0 Å². The lowest BCUT2D eigenvalue weighted by Gasteiger charge is -2.20. The van der Waals surface area contributed by atoms with Crippen molar-refractivity contribution in [2.24, 2.45) is 5.92 Å². The summed E-state index contributed by atoms with van der Waals surface area (Å²) in [5.41, 5.74) is 5.17. The van der Waals surface area contributed by atoms with Crippen LogP contribution >= 0.6 is 0 Å². The third kappa shape index (κ3) is 5.20. The minimum atomic E-state index is -1.04. The van der Waals surface area contributed by atoms with Crippen LogP contribution in [-0.2, 0) is 15.6 Å². The molecule has 0 spiro atoms. The molecular formula is C25H28FNO3S. The third-order valence-electron chi connectivity index (χ3n) is 5.66. The van der Waals surface area contributed by atoms with Crippen molar-refractivity contribution in [1.29, 1.82) is 0 Å². The maximum atomic E-state index is 14.0. The molecule has 2 N–H and O–H groups in total. The molecule has 0 bridgehead atoms. The highest BCUT2D eigenvalue weighted by Crippen LogP contribution is 2.43. The Hall–Kier alpha value is -2.57. The molecule has 2 atom stereocenters. The number of aliphatic hydroxyl groups excluding tert-OH is 1. The SMILES string of the molecule is CC1=C(CC(=O)N[C@H](CO)C(C)C)c2cc(F)ccc2/C1=C/c1ccc([S@](C)=O)cc1. The number of hydrogen-bond donors (Lipinski definition) is 2. The molecule has 3 rings (SSSR count). The molecule has 0 aliphatic heterocycles. The first-order valence-corrected chi connectivity index (χ1v) is 11.8. The lowest BCUT2D eigenvalue weighted by molar-refractivity contribution is -0.121. The van der Waals surface area contributed by atoms with Gasteiger partial charge in [0.25, 0.3) is 0 Å². The summed E-state index contributed by atoms with van der Waals surface area (Å²) in [4.78, 5) is 13.4. The summed E-state index contributed by atoms with van der Waals surface area (Å²) in [6.45, 7) is 5.68. The van der Waals surface area contributed by atoms with E-state index in [1.54, 1.807) is 12.3 Å². The van der Waals surface area contributed by atoms with E-state index in [9.17, 15) is 18.5 Å². The Kier molecular flexibility index (Phi) is 7.23. The third-order valence-corrected chi connectivity index (χ3v) is 6.60. The Morgan fingerprint density at radius 2 is 1.84 bits per heavy atom. The second-order valence-corrected chi connectivity index (χ2v) is 9.53. The van der Waals surface area contributed by atoms with Gasteiger partial charge in [-0.3, -0.25) is 9.00 Å². The van der Waals surface area contributed by atoms with E-state index in [-0.39, 0.29) is 36.7 Å². The summed E-state index contributed by atoms with van der Waals surface area (Å²) in [6.07, 6.45) is 3.75. The van der Waals surface area contributed by atoms with Gasteiger partial charge in [-0.2, -0.15) is 0 Å². The van der Waals surface area contributed by atoms with Crippen molar-refractivity contribution in [3.05, 3.63) is 70.5 Å². The fraction of sp³-hybridized carbons (Fsp3) is 0.320. The van der Waals surface area contributed by atoms with E-state index in [0.29, 0.717) is 0 Å². The summed E-state index contributed by atoms with van der Waals surface area (Å²) in [6, 6.07) is 11.8. The summed E-state index contributed by atoms with van der Waals surface area (Å²) >= 11 is 0. The van der Waals surface area contributed by atoms with Crippen LogP contribution in [0.15, 0.2) is 52.9 Å². The smallest absolute Gasteiger partial charge is 0.224 e. The summed E-state index contributed by atoms with van der Waals surface area (Å²) in [5, 5.41) is 12.4. The largest absolute Gasteiger partial charge is 0.394 e. The molecule has 2 aromatic rings. The van der Waals surface area contributed by atoms with Gasteiger partial charge in [-0.05, 0) is 76.6 Å². The average molecular weight is 442 g/mol. The molecule has 0 radical (unpaired) electrons. The molecule has 1 aliphatic carbocycles. The van der Waals surface area contributed by atoms with Crippen LogP contribution in [0.1, 0.15) is 43.9 Å². The van der Waals surface area contributed by atoms with E-state index in [0.717, 1.165) is 38.3 Å². The second-order valence-electron chi connectivity index (χ2n) is 8.15. The molecule has 2 aromatic carbocycles. The Labute approximate surface area is 185 Å². The van der Waals surface area contributed by atoms with Crippen LogP contribution in [-0.4, -0.2) is 34.1 Å². The minimum Gasteiger partial charge on any atom is -0.394 e. The number of rotatable bonds is 7. The summed E-state index contributed by atoms with van der Waals surface area (Å²) < 4.78 is 25.7. The summed E-state index contributed by atoms with van der Waals surface area (Å²) in [7, 11) is -1.04. The zero-order chi connectivity index (χ0) is 22.7. The monoisotopic (exact) mass is 441 g/mol. The number of aliphatic hydroxyl groups is 1. The molecule has 4 nitrogen and oxygen atoms in total. The lowest BCUT2D eigenvalue weighted by Crippen LogP contribution is -2.41. The Morgan fingerprint density at radius 3 is 2.42 bits per heavy atom. The molecule has 1 amide bonds. The first kappa shape index (κ1) is 23.1. The van der Waals surface area contributed by atoms with Crippen molar-refractivity contribution in [2.75, 3.05) is 12.9 Å². The first-order valence-electron chi connectivity index (χ1n) is 10.3. The van der Waals surface area contributed by atoms with Crippen molar-refractivity contribution in [1.82, 2.24) is 5.32 Å². The van der Waals surface area contributed by atoms with Gasteiger partial charge < -0.3 is 10.4 Å². The standard InChI is InChI=1S/C25H28FNO3S/c1-15(2)24(14-28)27-25(29)13-22-16(3)21(20-10-7-18(26)12-23(20)22)11-17-5-8-19(9-6-17)31(4)30/h5-12,15,24,28H,13-14H2,1-4H3,(H,27,29)/b21-11+/t24-,31+/m1/s1. The molecule has 0 aromatic heterocycles. The highest BCUT2D eigenvalue weighted by molar-refractivity contribution is 7.84. The van der Waals surface area contributed by atoms with Crippen LogP contribution in [0.25, 0.3) is 17.2 Å². The van der Waals surface area contributed by atoms with E-state index in [1.807, 2.05) is 51.1 Å². The molecule has 0 saturated carbocycles. The molecule has 164 valence electrons. The molecule has 6 heteroatoms. The molecule has 31 heavy (non-hydrogen) atoms. The number of hydrogen-bond acceptors (Lipinski definition) is 3. The fourth-order valence-electron chi connectivity index (χ4n) is 3.75. The van der Waals surface area contributed by atoms with Crippen molar-refractivity contribution in [3.8, 4) is 0 Å². The van der Waals surface area contributed by atoms with Crippen molar-refractivity contribution >= 4 is 33.9 Å². The maximum Gasteiger partial charge on any atom is 0.224 e. The van der Waals surface area contributed by atoms with Crippen LogP contribution in [0.4, 0.5) is 4.39 Å². The molecular weight excluding hydrogens is 413 g/mol. The van der Waals surface area contributed by atoms with E-state index >= 15 is 0 Å². The van der Waals surface area contributed by atoms with Gasteiger partial charge in [-0.25, -0.2) is 4.39 Å². The van der Waals surface area contributed by atoms with E-state index in [1.165, 1.54) is 12.1 Å². The van der Waals surface area contributed by atoms with Crippen LogP contribution < -0.4 is 5.32 Å². The number of halogens is 1. The quantitative estimate of drug-likeness (QED) is 0.669. The number of amides is 1. The Morgan fingerprint density at radius 1 is 1.16 bits per heavy atom. The van der Waals surface area contributed by atoms with Crippen LogP contribution in [0.3, 0.4) is 0 Å². The molecule has 0 heterocycles. The van der Waals surface area contributed by atoms with Gasteiger partial charge in [0.15, 0.2) is 0 Å². The average Bonchev–Trinajstić information content (AvgIpc) is 2.97. The van der Waals surface area contributed by atoms with Gasteiger partial charge in [0.1, 0.15) is 5.82 Å². The van der Waals surface area contributed by atoms with Crippen molar-refractivity contribution in [2.45, 2.75) is 38.1 Å². The van der Waals surface area contributed by atoms with Gasteiger partial charge in [-0.1, -0.05) is 32.0 Å². The van der Waals surface area contributed by atoms with Crippen molar-refractivity contribution < 1.29 is 18.5 Å². The Balaban J connectivity index is 1.97. The molecule has 0 saturated heterocycles. The van der Waals surface area contributed by atoms with Gasteiger partial charge in [0.2, 0.25) is 5.91 Å².